The van der Waals surface area contributed by atoms with Gasteiger partial charge in [0.05, 0.1) is 21.2 Å². The van der Waals surface area contributed by atoms with Gasteiger partial charge in [-0.05, 0) is 48.4 Å². The summed E-state index contributed by atoms with van der Waals surface area (Å²) in [5.74, 6) is -0.226. The van der Waals surface area contributed by atoms with Crippen LogP contribution in [0.25, 0.3) is 10.9 Å². The van der Waals surface area contributed by atoms with Crippen LogP contribution in [0.4, 0.5) is 0 Å². The molecular formula is C29H27Cl2N3O4S. The van der Waals surface area contributed by atoms with Gasteiger partial charge in [-0.3, -0.25) is 14.7 Å². The Morgan fingerprint density at radius 3 is 2.49 bits per heavy atom. The van der Waals surface area contributed by atoms with Crippen molar-refractivity contribution in [2.24, 2.45) is 0 Å². The predicted molar refractivity (Wildman–Crippen MR) is 153 cm³/mol. The second-order valence-electron chi connectivity index (χ2n) is 9.59. The molecule has 0 bridgehead atoms. The molecule has 1 amide bonds. The molecule has 1 fully saturated rings. The van der Waals surface area contributed by atoms with Crippen molar-refractivity contribution < 1.29 is 18.3 Å². The third-order valence-electron chi connectivity index (χ3n) is 6.88. The Morgan fingerprint density at radius 2 is 1.72 bits per heavy atom. The number of hydrogen-bond acceptors (Lipinski definition) is 6. The number of fused-ring (bicyclic) bond motifs is 1. The number of para-hydroxylation sites is 1. The van der Waals surface area contributed by atoms with Crippen LogP contribution in [-0.2, 0) is 22.1 Å². The minimum absolute atomic E-state index is 0.0588. The van der Waals surface area contributed by atoms with Crippen LogP contribution in [0, 0.1) is 0 Å². The van der Waals surface area contributed by atoms with Gasteiger partial charge in [-0.1, -0.05) is 53.5 Å². The number of pyridine rings is 1. The van der Waals surface area contributed by atoms with E-state index < -0.39 is 9.84 Å². The molecule has 4 aromatic rings. The number of carbonyl (C=O) groups excluding carboxylic acids is 1. The zero-order chi connectivity index (χ0) is 27.6. The van der Waals surface area contributed by atoms with Crippen LogP contribution in [0.3, 0.4) is 0 Å². The highest BCUT2D eigenvalue weighted by molar-refractivity contribution is 7.90. The molecule has 1 aliphatic heterocycles. The van der Waals surface area contributed by atoms with E-state index in [0.29, 0.717) is 58.4 Å². The average Bonchev–Trinajstić information content (AvgIpc) is 3.16. The molecule has 202 valence electrons. The standard InChI is InChI=1S/C29H27Cl2N3O4S/c30-23-16-25(31)24(26(35)17-23)18-33-12-3-13-34(15-14-33)29(36)22-9-7-20(8-10-22)19-39(37,38)27-6-1-4-21-5-2-11-32-28(21)27/h1-2,4-11,16-17,35H,3,12-15,18-19H2. The lowest BCUT2D eigenvalue weighted by Crippen LogP contribution is -2.35. The average molecular weight is 585 g/mol. The van der Waals surface area contributed by atoms with E-state index in [0.717, 1.165) is 18.4 Å². The molecule has 5 rings (SSSR count). The Kier molecular flexibility index (Phi) is 8.09. The van der Waals surface area contributed by atoms with Crippen LogP contribution in [0.5, 0.6) is 5.75 Å². The first kappa shape index (κ1) is 27.4. The Hall–Kier alpha value is -3.17. The van der Waals surface area contributed by atoms with Gasteiger partial charge >= 0.3 is 0 Å². The highest BCUT2D eigenvalue weighted by Crippen LogP contribution is 2.31. The maximum atomic E-state index is 13.2. The van der Waals surface area contributed by atoms with Crippen molar-refractivity contribution >= 4 is 49.8 Å². The SMILES string of the molecule is O=C(c1ccc(CS(=O)(=O)c2cccc3cccnc23)cc1)N1CCCN(Cc2c(O)cc(Cl)cc2Cl)CC1. The fourth-order valence-electron chi connectivity index (χ4n) is 4.85. The summed E-state index contributed by atoms with van der Waals surface area (Å²) < 4.78 is 26.4. The van der Waals surface area contributed by atoms with Crippen molar-refractivity contribution in [1.82, 2.24) is 14.8 Å². The first-order valence-corrected chi connectivity index (χ1v) is 15.0. The van der Waals surface area contributed by atoms with E-state index in [4.69, 9.17) is 23.2 Å². The summed E-state index contributed by atoms with van der Waals surface area (Å²) in [7, 11) is -3.64. The van der Waals surface area contributed by atoms with Crippen LogP contribution in [0.2, 0.25) is 10.0 Å². The number of amides is 1. The third kappa shape index (κ3) is 6.20. The Morgan fingerprint density at radius 1 is 0.949 bits per heavy atom. The summed E-state index contributed by atoms with van der Waals surface area (Å²) in [4.78, 5) is 21.7. The van der Waals surface area contributed by atoms with Crippen LogP contribution in [0.1, 0.15) is 27.9 Å². The molecule has 7 nitrogen and oxygen atoms in total. The topological polar surface area (TPSA) is 90.8 Å². The van der Waals surface area contributed by atoms with Gasteiger partial charge in [0.1, 0.15) is 5.75 Å². The maximum Gasteiger partial charge on any atom is 0.253 e. The van der Waals surface area contributed by atoms with Gasteiger partial charge in [0, 0.05) is 60.5 Å². The Bertz CT molecular complexity index is 1600. The molecule has 0 aliphatic carbocycles. The number of nitrogens with zero attached hydrogens (tertiary/aromatic N) is 3. The monoisotopic (exact) mass is 583 g/mol. The van der Waals surface area contributed by atoms with Gasteiger partial charge in [0.25, 0.3) is 5.91 Å². The zero-order valence-electron chi connectivity index (χ0n) is 21.1. The van der Waals surface area contributed by atoms with Crippen molar-refractivity contribution in [3.05, 3.63) is 99.7 Å². The normalized spacial score (nSPS) is 14.9. The molecular weight excluding hydrogens is 557 g/mol. The molecule has 0 radical (unpaired) electrons. The number of phenolic OH excluding ortho intramolecular Hbond substituents is 1. The molecule has 0 saturated carbocycles. The van der Waals surface area contributed by atoms with E-state index in [2.05, 4.69) is 9.88 Å². The van der Waals surface area contributed by atoms with Gasteiger partial charge in [-0.25, -0.2) is 8.42 Å². The molecule has 1 N–H and O–H groups in total. The fraction of sp³-hybridized carbons (Fsp3) is 0.241. The van der Waals surface area contributed by atoms with E-state index in [-0.39, 0.29) is 22.3 Å². The number of halogens is 2. The number of aromatic nitrogens is 1. The van der Waals surface area contributed by atoms with Crippen molar-refractivity contribution in [2.75, 3.05) is 26.2 Å². The van der Waals surface area contributed by atoms with E-state index >= 15 is 0 Å². The lowest BCUT2D eigenvalue weighted by molar-refractivity contribution is 0.0761. The molecule has 1 aromatic heterocycles. The molecule has 3 aromatic carbocycles. The quantitative estimate of drug-likeness (QED) is 0.319. The molecule has 10 heteroatoms. The lowest BCUT2D eigenvalue weighted by atomic mass is 10.1. The minimum atomic E-state index is -3.64. The minimum Gasteiger partial charge on any atom is -0.508 e. The van der Waals surface area contributed by atoms with Crippen molar-refractivity contribution in [1.29, 1.82) is 0 Å². The van der Waals surface area contributed by atoms with Gasteiger partial charge < -0.3 is 10.0 Å². The highest BCUT2D eigenvalue weighted by atomic mass is 35.5. The van der Waals surface area contributed by atoms with Crippen molar-refractivity contribution in [3.63, 3.8) is 0 Å². The van der Waals surface area contributed by atoms with Crippen LogP contribution >= 0.6 is 23.2 Å². The first-order valence-electron chi connectivity index (χ1n) is 12.6. The molecule has 0 unspecified atom stereocenters. The second kappa shape index (κ2) is 11.5. The van der Waals surface area contributed by atoms with Crippen molar-refractivity contribution in [3.8, 4) is 5.75 Å². The molecule has 0 spiro atoms. The molecule has 1 saturated heterocycles. The maximum absolute atomic E-state index is 13.2. The van der Waals surface area contributed by atoms with Crippen molar-refractivity contribution in [2.45, 2.75) is 23.6 Å². The lowest BCUT2D eigenvalue weighted by Gasteiger charge is -2.23. The number of aromatic hydroxyl groups is 1. The summed E-state index contributed by atoms with van der Waals surface area (Å²) in [6, 6.07) is 18.6. The number of benzene rings is 3. The zero-order valence-corrected chi connectivity index (χ0v) is 23.4. The van der Waals surface area contributed by atoms with E-state index in [9.17, 15) is 18.3 Å². The number of phenols is 1. The summed E-state index contributed by atoms with van der Waals surface area (Å²) >= 11 is 12.2. The largest absolute Gasteiger partial charge is 0.508 e. The summed E-state index contributed by atoms with van der Waals surface area (Å²) in [5, 5.41) is 11.8. The predicted octanol–water partition coefficient (Wildman–Crippen LogP) is 5.57. The number of carbonyl (C=O) groups is 1. The van der Waals surface area contributed by atoms with Gasteiger partial charge in [-0.15, -0.1) is 0 Å². The number of rotatable bonds is 6. The fourth-order valence-corrected chi connectivity index (χ4v) is 6.93. The number of hydrogen-bond donors (Lipinski definition) is 1. The third-order valence-corrected chi connectivity index (χ3v) is 9.15. The molecule has 39 heavy (non-hydrogen) atoms. The van der Waals surface area contributed by atoms with Gasteiger partial charge in [0.2, 0.25) is 0 Å². The first-order chi connectivity index (χ1) is 18.7. The molecule has 2 heterocycles. The smallest absolute Gasteiger partial charge is 0.253 e. The van der Waals surface area contributed by atoms with E-state index in [1.165, 1.54) is 6.07 Å². The van der Waals surface area contributed by atoms with Crippen LogP contribution in [0.15, 0.2) is 77.8 Å². The number of sulfone groups is 1. The Balaban J connectivity index is 1.24. The van der Waals surface area contributed by atoms with E-state index in [1.807, 2.05) is 12.1 Å². The highest BCUT2D eigenvalue weighted by Gasteiger charge is 2.23. The van der Waals surface area contributed by atoms with E-state index in [1.54, 1.807) is 59.6 Å². The summed E-state index contributed by atoms with van der Waals surface area (Å²) in [6.45, 7) is 2.95. The molecule has 0 atom stereocenters. The summed E-state index contributed by atoms with van der Waals surface area (Å²) in [5.41, 5.74) is 2.18. The molecule has 1 aliphatic rings. The van der Waals surface area contributed by atoms with Crippen LogP contribution < -0.4 is 0 Å². The van der Waals surface area contributed by atoms with Gasteiger partial charge in [0.15, 0.2) is 9.84 Å². The second-order valence-corrected chi connectivity index (χ2v) is 12.4. The van der Waals surface area contributed by atoms with Gasteiger partial charge in [-0.2, -0.15) is 0 Å². The Labute approximate surface area is 237 Å². The van der Waals surface area contributed by atoms with Crippen LogP contribution in [-0.4, -0.2) is 60.4 Å². The summed E-state index contributed by atoms with van der Waals surface area (Å²) in [6.07, 6.45) is 2.35.